The zero-order chi connectivity index (χ0) is 24.2. The summed E-state index contributed by atoms with van der Waals surface area (Å²) in [5.74, 6) is 2.43. The fourth-order valence-electron chi connectivity index (χ4n) is 5.11. The highest BCUT2D eigenvalue weighted by molar-refractivity contribution is 8.10. The van der Waals surface area contributed by atoms with Crippen LogP contribution >= 0.6 is 35.3 Å². The molecule has 2 atom stereocenters. The Morgan fingerprint density at radius 3 is 1.57 bits per heavy atom. The van der Waals surface area contributed by atoms with Gasteiger partial charge in [-0.15, -0.1) is 23.5 Å². The van der Waals surface area contributed by atoms with Crippen molar-refractivity contribution in [2.24, 2.45) is 9.98 Å². The topological polar surface area (TPSA) is 65.2 Å². The number of allylic oxidation sites excluding steroid dienone is 4. The van der Waals surface area contributed by atoms with Crippen LogP contribution in [0, 0.1) is 0 Å². The number of rotatable bonds is 4. The molecule has 0 bridgehead atoms. The van der Waals surface area contributed by atoms with Crippen LogP contribution in [0.15, 0.2) is 103 Å². The Hall–Kier alpha value is -2.61. The normalized spacial score (nSPS) is 27.5. The number of benzene rings is 2. The minimum absolute atomic E-state index is 0.155. The van der Waals surface area contributed by atoms with E-state index in [4.69, 9.17) is 0 Å². The largest absolute Gasteiger partial charge is 0.506 e. The van der Waals surface area contributed by atoms with Crippen LogP contribution in [-0.4, -0.2) is 43.6 Å². The Bertz CT molecular complexity index is 1330. The van der Waals surface area contributed by atoms with Crippen molar-refractivity contribution in [2.45, 2.75) is 23.3 Å². The van der Waals surface area contributed by atoms with Crippen LogP contribution < -0.4 is 0 Å². The lowest BCUT2D eigenvalue weighted by Gasteiger charge is -2.46. The van der Waals surface area contributed by atoms with E-state index in [1.165, 1.54) is 22.3 Å². The van der Waals surface area contributed by atoms with E-state index in [2.05, 4.69) is 36.0 Å². The molecule has 1 saturated heterocycles. The van der Waals surface area contributed by atoms with Crippen LogP contribution in [-0.2, 0) is 0 Å². The van der Waals surface area contributed by atoms with Gasteiger partial charge in [0.1, 0.15) is 22.9 Å². The van der Waals surface area contributed by atoms with Crippen LogP contribution in [0.4, 0.5) is 11.4 Å². The van der Waals surface area contributed by atoms with Gasteiger partial charge in [-0.05, 0) is 72.6 Å². The van der Waals surface area contributed by atoms with Crippen LogP contribution in [0.1, 0.15) is 13.8 Å². The molecule has 1 aliphatic carbocycles. The molecule has 3 aliphatic heterocycles. The van der Waals surface area contributed by atoms with Crippen LogP contribution in [0.5, 0.6) is 11.5 Å². The molecule has 2 aromatic rings. The third-order valence-corrected chi connectivity index (χ3v) is 11.2. The lowest BCUT2D eigenvalue weighted by Crippen LogP contribution is -2.47. The van der Waals surface area contributed by atoms with Crippen molar-refractivity contribution in [3.05, 3.63) is 92.8 Å². The van der Waals surface area contributed by atoms with E-state index in [0.717, 1.165) is 21.3 Å². The van der Waals surface area contributed by atoms with Crippen molar-refractivity contribution >= 4 is 59.1 Å². The number of aromatic hydroxyl groups is 2. The second-order valence-corrected chi connectivity index (χ2v) is 13.1. The van der Waals surface area contributed by atoms with Crippen molar-refractivity contribution in [1.82, 2.24) is 0 Å². The Labute approximate surface area is 217 Å². The van der Waals surface area contributed by atoms with Crippen LogP contribution in [0.2, 0.25) is 0 Å². The molecule has 0 aromatic heterocycles. The molecular formula is C28H24N2O2S3. The second kappa shape index (κ2) is 8.50. The van der Waals surface area contributed by atoms with Gasteiger partial charge < -0.3 is 10.2 Å². The summed E-state index contributed by atoms with van der Waals surface area (Å²) in [4.78, 5) is 11.4. The van der Waals surface area contributed by atoms with Gasteiger partial charge in [-0.3, -0.25) is 9.98 Å². The molecular weight excluding hydrogens is 493 g/mol. The smallest absolute Gasteiger partial charge is 0.141 e. The third kappa shape index (κ3) is 3.63. The average molecular weight is 517 g/mol. The Kier molecular flexibility index (Phi) is 5.55. The van der Waals surface area contributed by atoms with Gasteiger partial charge in [0, 0.05) is 33.7 Å². The lowest BCUT2D eigenvalue weighted by atomic mass is 9.72. The first-order valence-corrected chi connectivity index (χ1v) is 14.2. The quantitative estimate of drug-likeness (QED) is 0.416. The number of para-hydroxylation sites is 4. The molecule has 4 aliphatic rings. The standard InChI is InChI=1S/C28H24N2O2S3/c1-27-21(11-17(34-27)13-29-23-7-3-5-9-25(23)31)19-15-33-16-20(19)22-12-18(35-28(22,27)2)14-30-24-8-4-6-10-26(24)32/h3-14,31-32H,15-16H2,1-2H3. The number of hydrogen-bond acceptors (Lipinski definition) is 7. The lowest BCUT2D eigenvalue weighted by molar-refractivity contribution is 0.476. The minimum atomic E-state index is -0.155. The molecule has 35 heavy (non-hydrogen) atoms. The molecule has 176 valence electrons. The van der Waals surface area contributed by atoms with E-state index in [1.807, 2.05) is 72.0 Å². The number of fused-ring (bicyclic) bond motifs is 4. The maximum Gasteiger partial charge on any atom is 0.141 e. The fourth-order valence-corrected chi connectivity index (χ4v) is 9.23. The summed E-state index contributed by atoms with van der Waals surface area (Å²) in [6, 6.07) is 14.3. The molecule has 2 N–H and O–H groups in total. The summed E-state index contributed by atoms with van der Waals surface area (Å²) in [5.41, 5.74) is 6.86. The summed E-state index contributed by atoms with van der Waals surface area (Å²) in [6.45, 7) is 4.70. The molecule has 4 nitrogen and oxygen atoms in total. The highest BCUT2D eigenvalue weighted by Gasteiger charge is 2.59. The maximum absolute atomic E-state index is 10.1. The fraction of sp³-hybridized carbons (Fsp3) is 0.214. The van der Waals surface area contributed by atoms with Gasteiger partial charge in [0.25, 0.3) is 0 Å². The molecule has 1 fully saturated rings. The maximum atomic E-state index is 10.1. The molecule has 6 rings (SSSR count). The van der Waals surface area contributed by atoms with Gasteiger partial charge in [0.15, 0.2) is 0 Å². The number of nitrogens with zero attached hydrogens (tertiary/aromatic N) is 2. The summed E-state index contributed by atoms with van der Waals surface area (Å²) in [7, 11) is 0. The second-order valence-electron chi connectivity index (χ2n) is 9.14. The van der Waals surface area contributed by atoms with Crippen molar-refractivity contribution in [2.75, 3.05) is 11.5 Å². The molecule has 7 heteroatoms. The molecule has 0 spiro atoms. The number of aliphatic imine (C=N–C) groups is 2. The Balaban J connectivity index is 1.36. The van der Waals surface area contributed by atoms with Gasteiger partial charge in [-0.1, -0.05) is 24.3 Å². The summed E-state index contributed by atoms with van der Waals surface area (Å²) in [6.07, 6.45) is 8.36. The molecule has 3 heterocycles. The van der Waals surface area contributed by atoms with Gasteiger partial charge in [-0.25, -0.2) is 0 Å². The SMILES string of the molecule is CC12SC(C=Nc3ccccc3O)=CC1=C1CSCC1=C1C=C(C=Nc3ccccc3O)SC12C. The highest BCUT2D eigenvalue weighted by Crippen LogP contribution is 2.67. The van der Waals surface area contributed by atoms with E-state index in [-0.39, 0.29) is 21.0 Å². The van der Waals surface area contributed by atoms with Gasteiger partial charge in [0.05, 0.1) is 9.49 Å². The number of phenolic OH excluding ortho intramolecular Hbond substituents is 2. The average Bonchev–Trinajstić information content (AvgIpc) is 3.54. The van der Waals surface area contributed by atoms with Crippen molar-refractivity contribution < 1.29 is 10.2 Å². The predicted molar refractivity (Wildman–Crippen MR) is 152 cm³/mol. The Morgan fingerprint density at radius 1 is 0.714 bits per heavy atom. The van der Waals surface area contributed by atoms with E-state index >= 15 is 0 Å². The van der Waals surface area contributed by atoms with Crippen LogP contribution in [0.25, 0.3) is 0 Å². The minimum Gasteiger partial charge on any atom is -0.506 e. The van der Waals surface area contributed by atoms with E-state index in [0.29, 0.717) is 11.4 Å². The molecule has 0 radical (unpaired) electrons. The zero-order valence-corrected chi connectivity index (χ0v) is 21.8. The third-order valence-electron chi connectivity index (χ3n) is 7.09. The van der Waals surface area contributed by atoms with Gasteiger partial charge in [0.2, 0.25) is 0 Å². The monoisotopic (exact) mass is 516 g/mol. The van der Waals surface area contributed by atoms with Crippen molar-refractivity contribution in [1.29, 1.82) is 0 Å². The summed E-state index contributed by atoms with van der Waals surface area (Å²) in [5, 5.41) is 20.2. The van der Waals surface area contributed by atoms with Gasteiger partial charge >= 0.3 is 0 Å². The Morgan fingerprint density at radius 2 is 1.14 bits per heavy atom. The highest BCUT2D eigenvalue weighted by atomic mass is 32.2. The molecule has 0 saturated carbocycles. The first kappa shape index (κ1) is 22.8. The number of phenols is 2. The first-order chi connectivity index (χ1) is 16.9. The van der Waals surface area contributed by atoms with Gasteiger partial charge in [-0.2, -0.15) is 11.8 Å². The number of hydrogen-bond donors (Lipinski definition) is 2. The van der Waals surface area contributed by atoms with E-state index in [1.54, 1.807) is 24.3 Å². The first-order valence-electron chi connectivity index (χ1n) is 11.4. The van der Waals surface area contributed by atoms with Crippen molar-refractivity contribution in [3.63, 3.8) is 0 Å². The summed E-state index contributed by atoms with van der Waals surface area (Å²) < 4.78 is -0.310. The molecule has 2 unspecified atom stereocenters. The predicted octanol–water partition coefficient (Wildman–Crippen LogP) is 7.34. The molecule has 0 amide bonds. The van der Waals surface area contributed by atoms with E-state index < -0.39 is 0 Å². The van der Waals surface area contributed by atoms with Crippen molar-refractivity contribution in [3.8, 4) is 11.5 Å². The molecule has 2 aromatic carbocycles. The number of thioether (sulfide) groups is 3. The van der Waals surface area contributed by atoms with E-state index in [9.17, 15) is 10.2 Å². The van der Waals surface area contributed by atoms with Crippen LogP contribution in [0.3, 0.4) is 0 Å². The zero-order valence-electron chi connectivity index (χ0n) is 19.4. The summed E-state index contributed by atoms with van der Waals surface area (Å²) >= 11 is 5.69.